The van der Waals surface area contributed by atoms with E-state index < -0.39 is 0 Å². The fraction of sp³-hybridized carbons (Fsp3) is 0.500. The number of urea groups is 1. The quantitative estimate of drug-likeness (QED) is 0.640. The zero-order valence-corrected chi connectivity index (χ0v) is 13.4. The zero-order chi connectivity index (χ0) is 15.7. The van der Waals surface area contributed by atoms with E-state index in [2.05, 4.69) is 10.6 Å². The van der Waals surface area contributed by atoms with Gasteiger partial charge < -0.3 is 20.5 Å². The van der Waals surface area contributed by atoms with Gasteiger partial charge in [-0.25, -0.2) is 4.79 Å². The van der Waals surface area contributed by atoms with Gasteiger partial charge in [0.2, 0.25) is 0 Å². The molecule has 0 saturated heterocycles. The van der Waals surface area contributed by atoms with Crippen LogP contribution in [0.2, 0.25) is 10.0 Å². The van der Waals surface area contributed by atoms with E-state index in [-0.39, 0.29) is 18.7 Å². The fourth-order valence-corrected chi connectivity index (χ4v) is 2.29. The minimum atomic E-state index is -0.268. The Kier molecular flexibility index (Phi) is 8.45. The number of benzene rings is 1. The van der Waals surface area contributed by atoms with Gasteiger partial charge in [0.05, 0.1) is 19.3 Å². The maximum absolute atomic E-state index is 11.7. The van der Waals surface area contributed by atoms with Crippen LogP contribution in [0.25, 0.3) is 0 Å². The van der Waals surface area contributed by atoms with Gasteiger partial charge in [-0.1, -0.05) is 29.3 Å². The third-order valence-electron chi connectivity index (χ3n) is 2.76. The molecule has 0 fully saturated rings. The van der Waals surface area contributed by atoms with Crippen molar-refractivity contribution < 1.29 is 14.6 Å². The number of aliphatic hydroxyl groups is 1. The summed E-state index contributed by atoms with van der Waals surface area (Å²) in [5, 5.41) is 15.1. The second-order valence-corrected chi connectivity index (χ2v) is 5.32. The number of carbonyl (C=O) groups is 1. The second-order valence-electron chi connectivity index (χ2n) is 4.48. The Balaban J connectivity index is 2.30. The molecule has 21 heavy (non-hydrogen) atoms. The first-order valence-electron chi connectivity index (χ1n) is 6.72. The van der Waals surface area contributed by atoms with Crippen LogP contribution in [-0.2, 0) is 4.74 Å². The van der Waals surface area contributed by atoms with Crippen LogP contribution in [0.4, 0.5) is 4.79 Å². The highest BCUT2D eigenvalue weighted by atomic mass is 35.5. The van der Waals surface area contributed by atoms with Crippen molar-refractivity contribution in [2.45, 2.75) is 19.4 Å². The van der Waals surface area contributed by atoms with Crippen molar-refractivity contribution in [2.24, 2.45) is 0 Å². The summed E-state index contributed by atoms with van der Waals surface area (Å²) in [5.41, 5.74) is 0.808. The van der Waals surface area contributed by atoms with E-state index in [1.54, 1.807) is 18.2 Å². The van der Waals surface area contributed by atoms with Crippen molar-refractivity contribution in [2.75, 3.05) is 26.4 Å². The van der Waals surface area contributed by atoms with Crippen LogP contribution in [0.5, 0.6) is 0 Å². The predicted octanol–water partition coefficient (Wildman–Crippen LogP) is 2.75. The van der Waals surface area contributed by atoms with Crippen molar-refractivity contribution >= 4 is 29.2 Å². The van der Waals surface area contributed by atoms with E-state index >= 15 is 0 Å². The number of carbonyl (C=O) groups excluding carboxylic acids is 1. The topological polar surface area (TPSA) is 70.6 Å². The molecule has 1 rings (SSSR count). The number of hydrogen-bond acceptors (Lipinski definition) is 3. The number of ether oxygens (including phenoxy) is 1. The lowest BCUT2D eigenvalue weighted by molar-refractivity contribution is 0.0909. The number of halogens is 2. The zero-order valence-electron chi connectivity index (χ0n) is 11.9. The summed E-state index contributed by atoms with van der Waals surface area (Å²) >= 11 is 11.9. The highest BCUT2D eigenvalue weighted by Crippen LogP contribution is 2.25. The van der Waals surface area contributed by atoms with Crippen LogP contribution in [-0.4, -0.2) is 37.5 Å². The molecule has 0 aliphatic rings. The maximum Gasteiger partial charge on any atom is 0.315 e. The fourth-order valence-electron chi connectivity index (χ4n) is 1.72. The summed E-state index contributed by atoms with van der Waals surface area (Å²) in [7, 11) is 0. The Hall–Kier alpha value is -1.01. The van der Waals surface area contributed by atoms with Crippen LogP contribution >= 0.6 is 23.2 Å². The smallest absolute Gasteiger partial charge is 0.315 e. The van der Waals surface area contributed by atoms with E-state index in [9.17, 15) is 4.79 Å². The van der Waals surface area contributed by atoms with E-state index in [4.69, 9.17) is 33.0 Å². The molecule has 0 spiro atoms. The minimum absolute atomic E-state index is 0.00722. The van der Waals surface area contributed by atoms with Crippen molar-refractivity contribution in [1.82, 2.24) is 10.6 Å². The number of hydrogen-bond donors (Lipinski definition) is 3. The van der Waals surface area contributed by atoms with Crippen LogP contribution < -0.4 is 10.6 Å². The number of amides is 2. The summed E-state index contributed by atoms with van der Waals surface area (Å²) in [5.74, 6) is 0. The standard InChI is InChI=1S/C14H20Cl2N2O3/c1-10(12-4-3-11(15)9-13(12)16)18-14(20)17-5-2-7-21-8-6-19/h3-4,9-10,19H,2,5-8H2,1H3,(H2,17,18,20). The molecular weight excluding hydrogens is 315 g/mol. The highest BCUT2D eigenvalue weighted by Gasteiger charge is 2.12. The number of aliphatic hydroxyl groups excluding tert-OH is 1. The first kappa shape index (κ1) is 18.0. The van der Waals surface area contributed by atoms with Crippen LogP contribution in [0.3, 0.4) is 0 Å². The monoisotopic (exact) mass is 334 g/mol. The summed E-state index contributed by atoms with van der Waals surface area (Å²) in [4.78, 5) is 11.7. The molecule has 118 valence electrons. The van der Waals surface area contributed by atoms with Gasteiger partial charge in [-0.3, -0.25) is 0 Å². The molecule has 1 unspecified atom stereocenters. The normalized spacial score (nSPS) is 12.0. The minimum Gasteiger partial charge on any atom is -0.394 e. The third-order valence-corrected chi connectivity index (χ3v) is 3.33. The third kappa shape index (κ3) is 7.00. The van der Waals surface area contributed by atoms with Gasteiger partial charge in [0.15, 0.2) is 0 Å². The van der Waals surface area contributed by atoms with Gasteiger partial charge in [0.1, 0.15) is 0 Å². The molecule has 0 aromatic heterocycles. The van der Waals surface area contributed by atoms with Crippen LogP contribution in [0.15, 0.2) is 18.2 Å². The van der Waals surface area contributed by atoms with Gasteiger partial charge in [0.25, 0.3) is 0 Å². The molecule has 0 bridgehead atoms. The van der Waals surface area contributed by atoms with E-state index in [1.165, 1.54) is 0 Å². The molecule has 7 heteroatoms. The Morgan fingerprint density at radius 3 is 2.81 bits per heavy atom. The van der Waals surface area contributed by atoms with Gasteiger partial charge in [-0.2, -0.15) is 0 Å². The van der Waals surface area contributed by atoms with Crippen molar-refractivity contribution in [3.63, 3.8) is 0 Å². The number of nitrogens with one attached hydrogen (secondary N) is 2. The molecule has 1 atom stereocenters. The average Bonchev–Trinajstić information content (AvgIpc) is 2.42. The van der Waals surface area contributed by atoms with Crippen molar-refractivity contribution in [3.05, 3.63) is 33.8 Å². The van der Waals surface area contributed by atoms with Crippen molar-refractivity contribution in [3.8, 4) is 0 Å². The lowest BCUT2D eigenvalue weighted by Gasteiger charge is -2.16. The molecule has 0 aliphatic carbocycles. The Morgan fingerprint density at radius 2 is 2.14 bits per heavy atom. The molecular formula is C14H20Cl2N2O3. The summed E-state index contributed by atoms with van der Waals surface area (Å²) in [6.45, 7) is 3.17. The molecule has 0 heterocycles. The Morgan fingerprint density at radius 1 is 1.38 bits per heavy atom. The molecule has 1 aromatic carbocycles. The van der Waals surface area contributed by atoms with Gasteiger partial charge in [-0.15, -0.1) is 0 Å². The predicted molar refractivity (Wildman–Crippen MR) is 83.9 cm³/mol. The maximum atomic E-state index is 11.7. The SMILES string of the molecule is CC(NC(=O)NCCCOCCO)c1ccc(Cl)cc1Cl. The number of rotatable bonds is 8. The second kappa shape index (κ2) is 9.84. The van der Waals surface area contributed by atoms with E-state index in [0.29, 0.717) is 36.2 Å². The van der Waals surface area contributed by atoms with Crippen LogP contribution in [0, 0.1) is 0 Å². The summed E-state index contributed by atoms with van der Waals surface area (Å²) in [6, 6.07) is 4.68. The lowest BCUT2D eigenvalue weighted by atomic mass is 10.1. The first-order valence-corrected chi connectivity index (χ1v) is 7.48. The molecule has 2 amide bonds. The summed E-state index contributed by atoms with van der Waals surface area (Å²) < 4.78 is 5.09. The Labute approximate surface area is 134 Å². The Bertz CT molecular complexity index is 458. The molecule has 1 aromatic rings. The average molecular weight is 335 g/mol. The largest absolute Gasteiger partial charge is 0.394 e. The van der Waals surface area contributed by atoms with Crippen LogP contribution in [0.1, 0.15) is 24.9 Å². The van der Waals surface area contributed by atoms with Gasteiger partial charge >= 0.3 is 6.03 Å². The van der Waals surface area contributed by atoms with E-state index in [1.807, 2.05) is 6.92 Å². The molecule has 0 radical (unpaired) electrons. The van der Waals surface area contributed by atoms with E-state index in [0.717, 1.165) is 5.56 Å². The summed E-state index contributed by atoms with van der Waals surface area (Å²) in [6.07, 6.45) is 0.684. The lowest BCUT2D eigenvalue weighted by Crippen LogP contribution is -2.37. The van der Waals surface area contributed by atoms with Gasteiger partial charge in [-0.05, 0) is 31.0 Å². The van der Waals surface area contributed by atoms with Gasteiger partial charge in [0, 0.05) is 23.2 Å². The molecule has 5 nitrogen and oxygen atoms in total. The molecule has 0 saturated carbocycles. The molecule has 3 N–H and O–H groups in total. The molecule has 0 aliphatic heterocycles. The first-order chi connectivity index (χ1) is 10.0. The van der Waals surface area contributed by atoms with Crippen molar-refractivity contribution in [1.29, 1.82) is 0 Å². The highest BCUT2D eigenvalue weighted by molar-refractivity contribution is 6.35.